The van der Waals surface area contributed by atoms with Crippen molar-refractivity contribution in [1.29, 1.82) is 0 Å². The molecule has 0 atom stereocenters. The van der Waals surface area contributed by atoms with Crippen LogP contribution in [0.25, 0.3) is 0 Å². The standard InChI is InChI=1S/C8H2F3NO2/c9-3-1-2-5(10)4(6(3)11)8(14)12-7(2)13/h1H,(H,12,13,14). The first-order valence-corrected chi connectivity index (χ1v) is 3.55. The van der Waals surface area contributed by atoms with Gasteiger partial charge in [-0.1, -0.05) is 0 Å². The summed E-state index contributed by atoms with van der Waals surface area (Å²) in [6.45, 7) is 0. The average molecular weight is 201 g/mol. The smallest absolute Gasteiger partial charge is 0.264 e. The lowest BCUT2D eigenvalue weighted by Crippen LogP contribution is -2.38. The Kier molecular flexibility index (Phi) is 1.60. The van der Waals surface area contributed by atoms with Crippen molar-refractivity contribution >= 4 is 11.8 Å². The molecule has 14 heavy (non-hydrogen) atoms. The third-order valence-electron chi connectivity index (χ3n) is 1.85. The van der Waals surface area contributed by atoms with Crippen LogP contribution in [0.2, 0.25) is 0 Å². The number of benzene rings is 1. The summed E-state index contributed by atoms with van der Waals surface area (Å²) >= 11 is 0. The molecule has 0 radical (unpaired) electrons. The molecule has 2 bridgehead atoms. The van der Waals surface area contributed by atoms with Crippen LogP contribution in [0, 0.1) is 17.5 Å². The summed E-state index contributed by atoms with van der Waals surface area (Å²) in [5.41, 5.74) is -1.72. The van der Waals surface area contributed by atoms with Crippen molar-refractivity contribution in [3.8, 4) is 0 Å². The van der Waals surface area contributed by atoms with Gasteiger partial charge >= 0.3 is 0 Å². The Morgan fingerprint density at radius 2 is 1.64 bits per heavy atom. The van der Waals surface area contributed by atoms with Crippen LogP contribution in [0.3, 0.4) is 0 Å². The number of fused-ring (bicyclic) bond motifs is 2. The van der Waals surface area contributed by atoms with Crippen molar-refractivity contribution < 1.29 is 22.8 Å². The Labute approximate surface area is 75.5 Å². The summed E-state index contributed by atoms with van der Waals surface area (Å²) in [6.07, 6.45) is 0. The van der Waals surface area contributed by atoms with E-state index in [0.29, 0.717) is 6.07 Å². The number of nitrogens with one attached hydrogen (secondary N) is 1. The summed E-state index contributed by atoms with van der Waals surface area (Å²) < 4.78 is 38.7. The van der Waals surface area contributed by atoms with Gasteiger partial charge in [0, 0.05) is 0 Å². The minimum absolute atomic E-state index is 0.413. The van der Waals surface area contributed by atoms with E-state index in [2.05, 4.69) is 0 Å². The summed E-state index contributed by atoms with van der Waals surface area (Å²) in [4.78, 5) is 21.8. The number of imide groups is 1. The van der Waals surface area contributed by atoms with E-state index in [1.807, 2.05) is 0 Å². The Morgan fingerprint density at radius 3 is 2.29 bits per heavy atom. The van der Waals surface area contributed by atoms with Gasteiger partial charge in [-0.25, -0.2) is 13.2 Å². The Hall–Kier alpha value is -1.85. The van der Waals surface area contributed by atoms with Crippen LogP contribution in [-0.2, 0) is 0 Å². The molecule has 0 spiro atoms. The van der Waals surface area contributed by atoms with Gasteiger partial charge in [0.1, 0.15) is 5.56 Å². The maximum atomic E-state index is 13.1. The van der Waals surface area contributed by atoms with E-state index >= 15 is 0 Å². The first-order valence-electron chi connectivity index (χ1n) is 3.55. The van der Waals surface area contributed by atoms with Crippen LogP contribution in [0.15, 0.2) is 6.07 Å². The van der Waals surface area contributed by atoms with E-state index < -0.39 is 40.4 Å². The molecule has 1 aromatic carbocycles. The molecule has 0 aromatic heterocycles. The highest BCUT2D eigenvalue weighted by Gasteiger charge is 2.32. The predicted molar refractivity (Wildman–Crippen MR) is 38.1 cm³/mol. The average Bonchev–Trinajstić information content (AvgIpc) is 2.09. The summed E-state index contributed by atoms with van der Waals surface area (Å²) in [6, 6.07) is 0.413. The van der Waals surface area contributed by atoms with Gasteiger partial charge < -0.3 is 0 Å². The van der Waals surface area contributed by atoms with Gasteiger partial charge in [0.15, 0.2) is 17.5 Å². The molecular weight excluding hydrogens is 199 g/mol. The van der Waals surface area contributed by atoms with Crippen LogP contribution in [0.5, 0.6) is 0 Å². The predicted octanol–water partition coefficient (Wildman–Crippen LogP) is 0.988. The molecule has 3 nitrogen and oxygen atoms in total. The zero-order valence-electron chi connectivity index (χ0n) is 6.53. The molecule has 2 rings (SSSR count). The van der Waals surface area contributed by atoms with E-state index in [1.165, 1.54) is 0 Å². The highest BCUT2D eigenvalue weighted by molar-refractivity contribution is 6.14. The highest BCUT2D eigenvalue weighted by Crippen LogP contribution is 2.23. The van der Waals surface area contributed by atoms with E-state index in [1.54, 1.807) is 5.32 Å². The second-order valence-corrected chi connectivity index (χ2v) is 2.69. The van der Waals surface area contributed by atoms with Gasteiger partial charge in [0.05, 0.1) is 5.56 Å². The highest BCUT2D eigenvalue weighted by atomic mass is 19.2. The third-order valence-corrected chi connectivity index (χ3v) is 1.85. The van der Waals surface area contributed by atoms with Crippen molar-refractivity contribution in [3.05, 3.63) is 34.6 Å². The van der Waals surface area contributed by atoms with Gasteiger partial charge in [-0.3, -0.25) is 14.9 Å². The van der Waals surface area contributed by atoms with Crippen LogP contribution >= 0.6 is 0 Å². The SMILES string of the molecule is O=C1NC(=O)c2c(F)c(F)cc1c2F. The zero-order chi connectivity index (χ0) is 10.5. The van der Waals surface area contributed by atoms with Gasteiger partial charge in [0.2, 0.25) is 0 Å². The number of carbonyl (C=O) groups is 2. The van der Waals surface area contributed by atoms with Crippen LogP contribution in [0.1, 0.15) is 20.7 Å². The largest absolute Gasteiger partial charge is 0.288 e. The lowest BCUT2D eigenvalue weighted by Gasteiger charge is -2.14. The van der Waals surface area contributed by atoms with Crippen molar-refractivity contribution in [3.63, 3.8) is 0 Å². The van der Waals surface area contributed by atoms with Gasteiger partial charge in [-0.05, 0) is 6.07 Å². The molecule has 72 valence electrons. The zero-order valence-corrected chi connectivity index (χ0v) is 6.53. The fourth-order valence-electron chi connectivity index (χ4n) is 1.20. The molecule has 1 aliphatic heterocycles. The van der Waals surface area contributed by atoms with Gasteiger partial charge in [0.25, 0.3) is 11.8 Å². The second kappa shape index (κ2) is 2.57. The molecule has 0 aliphatic carbocycles. The Morgan fingerprint density at radius 1 is 1.00 bits per heavy atom. The molecule has 1 N–H and O–H groups in total. The maximum absolute atomic E-state index is 13.1. The minimum Gasteiger partial charge on any atom is -0.288 e. The number of hydrogen-bond acceptors (Lipinski definition) is 2. The maximum Gasteiger partial charge on any atom is 0.264 e. The molecule has 0 saturated heterocycles. The van der Waals surface area contributed by atoms with Gasteiger partial charge in [-0.15, -0.1) is 0 Å². The number of rotatable bonds is 0. The van der Waals surface area contributed by atoms with E-state index in [9.17, 15) is 22.8 Å². The molecule has 0 saturated carbocycles. The monoisotopic (exact) mass is 201 g/mol. The van der Waals surface area contributed by atoms with Crippen LogP contribution in [0.4, 0.5) is 13.2 Å². The summed E-state index contributed by atoms with van der Waals surface area (Å²) in [5.74, 6) is -6.66. The van der Waals surface area contributed by atoms with Crippen LogP contribution < -0.4 is 5.32 Å². The van der Waals surface area contributed by atoms with Crippen LogP contribution in [-0.4, -0.2) is 11.8 Å². The fraction of sp³-hybridized carbons (Fsp3) is 0. The van der Waals surface area contributed by atoms with E-state index in [4.69, 9.17) is 0 Å². The van der Waals surface area contributed by atoms with Crippen molar-refractivity contribution in [1.82, 2.24) is 5.32 Å². The Balaban J connectivity index is 2.87. The third kappa shape index (κ3) is 0.935. The summed E-state index contributed by atoms with van der Waals surface area (Å²) in [5, 5.41) is 1.68. The first-order chi connectivity index (χ1) is 6.52. The minimum atomic E-state index is -1.59. The number of amides is 2. The number of halogens is 3. The molecule has 0 unspecified atom stereocenters. The fourth-order valence-corrected chi connectivity index (χ4v) is 1.20. The lowest BCUT2D eigenvalue weighted by atomic mass is 10.0. The molecule has 2 amide bonds. The second-order valence-electron chi connectivity index (χ2n) is 2.69. The normalized spacial score (nSPS) is 14.2. The molecule has 6 heteroatoms. The molecular formula is C8H2F3NO2. The van der Waals surface area contributed by atoms with Crippen molar-refractivity contribution in [2.75, 3.05) is 0 Å². The quantitative estimate of drug-likeness (QED) is 0.502. The first kappa shape index (κ1) is 8.74. The van der Waals surface area contributed by atoms with E-state index in [-0.39, 0.29) is 0 Å². The van der Waals surface area contributed by atoms with E-state index in [0.717, 1.165) is 0 Å². The molecule has 1 aliphatic rings. The molecule has 0 fully saturated rings. The summed E-state index contributed by atoms with van der Waals surface area (Å²) in [7, 11) is 0. The topological polar surface area (TPSA) is 46.2 Å². The molecule has 1 heterocycles. The lowest BCUT2D eigenvalue weighted by molar-refractivity contribution is 0.0826. The number of hydrogen-bond donors (Lipinski definition) is 1. The molecule has 1 aromatic rings. The van der Waals surface area contributed by atoms with Gasteiger partial charge in [-0.2, -0.15) is 0 Å². The Bertz CT molecular complexity index is 470. The number of carbonyl (C=O) groups excluding carboxylic acids is 2. The van der Waals surface area contributed by atoms with Crippen molar-refractivity contribution in [2.24, 2.45) is 0 Å². The van der Waals surface area contributed by atoms with Crippen molar-refractivity contribution in [2.45, 2.75) is 0 Å².